The number of allylic oxidation sites excluding steroid dienone is 3. The molecule has 0 saturated heterocycles. The third-order valence-corrected chi connectivity index (χ3v) is 4.40. The average Bonchev–Trinajstić information content (AvgIpc) is 2.56. The van der Waals surface area contributed by atoms with Gasteiger partial charge < -0.3 is 15.6 Å². The molecule has 1 aliphatic carbocycles. The summed E-state index contributed by atoms with van der Waals surface area (Å²) in [6, 6.07) is 10.6. The molecule has 0 spiro atoms. The van der Waals surface area contributed by atoms with Crippen LogP contribution in [0.4, 0.5) is 0 Å². The zero-order valence-electron chi connectivity index (χ0n) is 14.2. The van der Waals surface area contributed by atoms with Crippen LogP contribution in [0.25, 0.3) is 5.57 Å². The van der Waals surface area contributed by atoms with E-state index in [0.717, 1.165) is 25.7 Å². The van der Waals surface area contributed by atoms with Crippen molar-refractivity contribution in [3.63, 3.8) is 0 Å². The van der Waals surface area contributed by atoms with Crippen LogP contribution in [-0.2, 0) is 4.74 Å². The molecule has 0 aromatic heterocycles. The zero-order chi connectivity index (χ0) is 16.7. The number of benzene rings is 1. The van der Waals surface area contributed by atoms with Crippen LogP contribution in [0.2, 0.25) is 0 Å². The van der Waals surface area contributed by atoms with Crippen LogP contribution >= 0.6 is 0 Å². The predicted molar refractivity (Wildman–Crippen MR) is 95.7 cm³/mol. The number of aliphatic hydroxyl groups is 1. The Hall–Kier alpha value is -1.42. The Bertz CT molecular complexity index is 536. The van der Waals surface area contributed by atoms with Crippen molar-refractivity contribution in [1.29, 1.82) is 0 Å². The lowest BCUT2D eigenvalue weighted by molar-refractivity contribution is -0.128. The van der Waals surface area contributed by atoms with Crippen LogP contribution in [0.15, 0.2) is 48.1 Å². The van der Waals surface area contributed by atoms with Gasteiger partial charge in [0.2, 0.25) is 0 Å². The number of aliphatic hydroxyl groups excluding tert-OH is 1. The van der Waals surface area contributed by atoms with Crippen molar-refractivity contribution in [3.05, 3.63) is 53.6 Å². The van der Waals surface area contributed by atoms with E-state index in [9.17, 15) is 5.11 Å². The summed E-state index contributed by atoms with van der Waals surface area (Å²) in [6.45, 7) is 4.40. The summed E-state index contributed by atoms with van der Waals surface area (Å²) in [6.07, 6.45) is 7.52. The zero-order valence-corrected chi connectivity index (χ0v) is 14.2. The van der Waals surface area contributed by atoms with E-state index in [1.54, 1.807) is 0 Å². The summed E-state index contributed by atoms with van der Waals surface area (Å²) in [4.78, 5) is 0. The number of ether oxygens (including phenoxy) is 1. The van der Waals surface area contributed by atoms with Gasteiger partial charge in [-0.1, -0.05) is 55.0 Å². The summed E-state index contributed by atoms with van der Waals surface area (Å²) in [5, 5.41) is 9.83. The summed E-state index contributed by atoms with van der Waals surface area (Å²) in [5.41, 5.74) is 10.4. The minimum atomic E-state index is -0.712. The third-order valence-electron chi connectivity index (χ3n) is 4.40. The molecule has 126 valence electrons. The van der Waals surface area contributed by atoms with Gasteiger partial charge in [0.1, 0.15) is 0 Å². The molecule has 23 heavy (non-hydrogen) atoms. The van der Waals surface area contributed by atoms with Crippen molar-refractivity contribution >= 4 is 5.57 Å². The maximum atomic E-state index is 9.83. The molecule has 1 aromatic rings. The maximum Gasteiger partial charge on any atom is 0.157 e. The Labute approximate surface area is 139 Å². The van der Waals surface area contributed by atoms with E-state index in [1.165, 1.54) is 16.7 Å². The largest absolute Gasteiger partial charge is 0.368 e. The highest BCUT2D eigenvalue weighted by Crippen LogP contribution is 2.29. The first-order valence-electron chi connectivity index (χ1n) is 8.59. The third kappa shape index (κ3) is 5.61. The molecule has 3 nitrogen and oxygen atoms in total. The van der Waals surface area contributed by atoms with Gasteiger partial charge in [0, 0.05) is 18.6 Å². The molecular formula is C20H29NO2. The highest BCUT2D eigenvalue weighted by molar-refractivity contribution is 5.68. The molecule has 0 saturated carbocycles. The number of nitrogens with two attached hydrogens (primary N) is 1. The molecule has 3 atom stereocenters. The molecule has 2 rings (SSSR count). The molecule has 0 heterocycles. The second kappa shape index (κ2) is 9.02. The predicted octanol–water partition coefficient (Wildman–Crippen LogP) is 3.89. The van der Waals surface area contributed by atoms with E-state index in [1.807, 2.05) is 19.9 Å². The van der Waals surface area contributed by atoms with E-state index in [4.69, 9.17) is 10.5 Å². The summed E-state index contributed by atoms with van der Waals surface area (Å²) in [5.74, 6) is 0.0598. The first-order valence-corrected chi connectivity index (χ1v) is 8.59. The van der Waals surface area contributed by atoms with Crippen LogP contribution in [0.3, 0.4) is 0 Å². The van der Waals surface area contributed by atoms with Gasteiger partial charge in [-0.25, -0.2) is 0 Å². The highest BCUT2D eigenvalue weighted by Gasteiger charge is 2.19. The van der Waals surface area contributed by atoms with Gasteiger partial charge >= 0.3 is 0 Å². The summed E-state index contributed by atoms with van der Waals surface area (Å²) >= 11 is 0. The topological polar surface area (TPSA) is 55.5 Å². The van der Waals surface area contributed by atoms with Crippen molar-refractivity contribution in [2.24, 2.45) is 11.7 Å². The van der Waals surface area contributed by atoms with Gasteiger partial charge in [0.15, 0.2) is 6.29 Å². The number of rotatable bonds is 8. The smallest absolute Gasteiger partial charge is 0.157 e. The fraction of sp³-hybridized carbons (Fsp3) is 0.500. The lowest BCUT2D eigenvalue weighted by Crippen LogP contribution is -2.30. The van der Waals surface area contributed by atoms with E-state index in [-0.39, 0.29) is 12.0 Å². The lowest BCUT2D eigenvalue weighted by Gasteiger charge is -2.23. The standard InChI is InChI=1S/C20H29NO2/c1-3-23-20(22)15(2)13-19(21)14-16-9-11-18(12-10-16)17-7-5-4-6-8-17/h4-9,11,15,19-20,22H,3,10,12-14,21H2,1-2H3/t15-,19-,20?/m1/s1. The van der Waals surface area contributed by atoms with Crippen molar-refractivity contribution < 1.29 is 9.84 Å². The fourth-order valence-corrected chi connectivity index (χ4v) is 3.09. The van der Waals surface area contributed by atoms with Gasteiger partial charge in [-0.05, 0) is 43.7 Å². The first kappa shape index (κ1) is 17.9. The molecule has 0 radical (unpaired) electrons. The summed E-state index contributed by atoms with van der Waals surface area (Å²) in [7, 11) is 0. The van der Waals surface area contributed by atoms with Gasteiger partial charge in [-0.15, -0.1) is 0 Å². The van der Waals surface area contributed by atoms with Crippen molar-refractivity contribution in [2.45, 2.75) is 51.9 Å². The number of hydrogen-bond acceptors (Lipinski definition) is 3. The van der Waals surface area contributed by atoms with Crippen molar-refractivity contribution in [2.75, 3.05) is 6.61 Å². The lowest BCUT2D eigenvalue weighted by atomic mass is 9.88. The quantitative estimate of drug-likeness (QED) is 0.716. The summed E-state index contributed by atoms with van der Waals surface area (Å²) < 4.78 is 5.23. The van der Waals surface area contributed by atoms with Gasteiger partial charge in [0.25, 0.3) is 0 Å². The molecule has 3 heteroatoms. The molecule has 3 N–H and O–H groups in total. The Morgan fingerprint density at radius 3 is 2.52 bits per heavy atom. The van der Waals surface area contributed by atoms with E-state index >= 15 is 0 Å². The molecule has 0 fully saturated rings. The van der Waals surface area contributed by atoms with Crippen LogP contribution < -0.4 is 5.73 Å². The SMILES string of the molecule is CCOC(O)[C@H](C)C[C@@H](N)CC1=CC=C(c2ccccc2)CC1. The fourth-order valence-electron chi connectivity index (χ4n) is 3.09. The van der Waals surface area contributed by atoms with Crippen LogP contribution in [0.5, 0.6) is 0 Å². The Kier molecular flexibility index (Phi) is 7.03. The van der Waals surface area contributed by atoms with Crippen LogP contribution in [-0.4, -0.2) is 24.0 Å². The maximum absolute atomic E-state index is 9.83. The van der Waals surface area contributed by atoms with Crippen molar-refractivity contribution in [3.8, 4) is 0 Å². The molecule has 0 amide bonds. The van der Waals surface area contributed by atoms with Crippen LogP contribution in [0.1, 0.15) is 45.1 Å². The number of hydrogen-bond donors (Lipinski definition) is 2. The minimum Gasteiger partial charge on any atom is -0.368 e. The molecule has 1 aromatic carbocycles. The Balaban J connectivity index is 1.86. The highest BCUT2D eigenvalue weighted by atomic mass is 16.6. The molecular weight excluding hydrogens is 286 g/mol. The van der Waals surface area contributed by atoms with Crippen molar-refractivity contribution in [1.82, 2.24) is 0 Å². The Morgan fingerprint density at radius 1 is 1.17 bits per heavy atom. The molecule has 0 aliphatic heterocycles. The van der Waals surface area contributed by atoms with E-state index < -0.39 is 6.29 Å². The van der Waals surface area contributed by atoms with E-state index in [2.05, 4.69) is 36.4 Å². The second-order valence-corrected chi connectivity index (χ2v) is 6.41. The van der Waals surface area contributed by atoms with Crippen LogP contribution in [0, 0.1) is 5.92 Å². The van der Waals surface area contributed by atoms with Gasteiger partial charge in [0.05, 0.1) is 0 Å². The first-order chi connectivity index (χ1) is 11.1. The second-order valence-electron chi connectivity index (χ2n) is 6.41. The Morgan fingerprint density at radius 2 is 1.91 bits per heavy atom. The minimum absolute atomic E-state index is 0.0598. The monoisotopic (exact) mass is 315 g/mol. The van der Waals surface area contributed by atoms with E-state index in [0.29, 0.717) is 6.61 Å². The average molecular weight is 315 g/mol. The molecule has 1 aliphatic rings. The molecule has 0 bridgehead atoms. The normalized spacial score (nSPS) is 18.8. The van der Waals surface area contributed by atoms with Gasteiger partial charge in [-0.3, -0.25) is 0 Å². The van der Waals surface area contributed by atoms with Gasteiger partial charge in [-0.2, -0.15) is 0 Å². The molecule has 1 unspecified atom stereocenters.